The van der Waals surface area contributed by atoms with Crippen molar-refractivity contribution in [3.63, 3.8) is 0 Å². The molecule has 8 heteroatoms. The topological polar surface area (TPSA) is 110 Å². The molecule has 0 aromatic rings. The molecule has 33 heavy (non-hydrogen) atoms. The quantitative estimate of drug-likeness (QED) is 0.369. The Hall–Kier alpha value is -1.93. The van der Waals surface area contributed by atoms with E-state index < -0.39 is 23.1 Å². The Kier molecular flexibility index (Phi) is 6.37. The highest BCUT2D eigenvalue weighted by Gasteiger charge is 2.67. The Morgan fingerprint density at radius 2 is 1.94 bits per heavy atom. The first-order valence-corrected chi connectivity index (χ1v) is 12.1. The average Bonchev–Trinajstić information content (AvgIpc) is 3.02. The van der Waals surface area contributed by atoms with E-state index in [4.69, 9.17) is 14.4 Å². The molecule has 7 unspecified atom stereocenters. The summed E-state index contributed by atoms with van der Waals surface area (Å²) in [5.41, 5.74) is 0.699. The fourth-order valence-electron chi connectivity index (χ4n) is 7.87. The molecule has 0 amide bonds. The number of allylic oxidation sites excluding steroid dienone is 2. The lowest BCUT2D eigenvalue weighted by molar-refractivity contribution is -0.153. The van der Waals surface area contributed by atoms with Crippen LogP contribution in [0, 0.1) is 28.6 Å². The Morgan fingerprint density at radius 3 is 2.61 bits per heavy atom. The third-order valence-electron chi connectivity index (χ3n) is 9.36. The van der Waals surface area contributed by atoms with Crippen LogP contribution in [0.15, 0.2) is 22.0 Å². The Bertz CT molecular complexity index is 884. The minimum absolute atomic E-state index is 0.0850. The van der Waals surface area contributed by atoms with Crippen molar-refractivity contribution in [3.05, 3.63) is 11.6 Å². The van der Waals surface area contributed by atoms with Crippen LogP contribution < -0.4 is 0 Å². The van der Waals surface area contributed by atoms with Crippen LogP contribution in [0.4, 0.5) is 0 Å². The standard InChI is InChI=1S/C25H38N2O6/c1-15(28)33-14-21(27-32-5)25(30)11-9-19-18-7-6-16-12-17(26-31-4)8-10-23(16,2)22(18)20(29)13-24(19,25)3/h12,18-20,22,29-30H,6-11,13-14H2,1-5H3/b26-17+,27-21+. The number of hydrogen-bond acceptors (Lipinski definition) is 8. The van der Waals surface area contributed by atoms with E-state index in [1.165, 1.54) is 19.6 Å². The van der Waals surface area contributed by atoms with Crippen molar-refractivity contribution in [2.75, 3.05) is 20.8 Å². The van der Waals surface area contributed by atoms with Crippen molar-refractivity contribution < 1.29 is 29.4 Å². The summed E-state index contributed by atoms with van der Waals surface area (Å²) in [4.78, 5) is 21.5. The molecule has 0 saturated heterocycles. The summed E-state index contributed by atoms with van der Waals surface area (Å²) in [5.74, 6) is 0.244. The molecular formula is C25H38N2O6. The maximum Gasteiger partial charge on any atom is 0.303 e. The number of esters is 1. The van der Waals surface area contributed by atoms with Gasteiger partial charge in [0.05, 0.1) is 11.8 Å². The van der Waals surface area contributed by atoms with Gasteiger partial charge in [-0.05, 0) is 74.2 Å². The van der Waals surface area contributed by atoms with Crippen molar-refractivity contribution >= 4 is 17.4 Å². The Labute approximate surface area is 196 Å². The maximum absolute atomic E-state index is 12.0. The number of fused-ring (bicyclic) bond motifs is 5. The first kappa shape index (κ1) is 24.2. The lowest BCUT2D eigenvalue weighted by Gasteiger charge is -2.60. The van der Waals surface area contributed by atoms with E-state index >= 15 is 0 Å². The molecule has 184 valence electrons. The van der Waals surface area contributed by atoms with Crippen molar-refractivity contribution in [1.82, 2.24) is 0 Å². The fourth-order valence-corrected chi connectivity index (χ4v) is 7.87. The lowest BCUT2D eigenvalue weighted by Crippen LogP contribution is -2.62. The molecular weight excluding hydrogens is 424 g/mol. The monoisotopic (exact) mass is 462 g/mol. The molecule has 4 aliphatic carbocycles. The number of hydrogen-bond donors (Lipinski definition) is 2. The molecule has 8 nitrogen and oxygen atoms in total. The number of aliphatic hydroxyl groups excluding tert-OH is 1. The molecule has 0 bridgehead atoms. The number of aliphatic hydroxyl groups is 2. The minimum atomic E-state index is -1.29. The van der Waals surface area contributed by atoms with Crippen LogP contribution in [0.1, 0.15) is 65.7 Å². The van der Waals surface area contributed by atoms with Crippen LogP contribution in [-0.2, 0) is 19.2 Å². The van der Waals surface area contributed by atoms with Gasteiger partial charge >= 0.3 is 5.97 Å². The second-order valence-corrected chi connectivity index (χ2v) is 10.8. The number of ether oxygens (including phenoxy) is 1. The largest absolute Gasteiger partial charge is 0.459 e. The molecule has 0 aromatic carbocycles. The number of nitrogens with zero attached hydrogens (tertiary/aromatic N) is 2. The molecule has 0 aliphatic heterocycles. The van der Waals surface area contributed by atoms with Gasteiger partial charge in [0.25, 0.3) is 0 Å². The Morgan fingerprint density at radius 1 is 1.18 bits per heavy atom. The van der Waals surface area contributed by atoms with E-state index in [-0.39, 0.29) is 23.9 Å². The first-order valence-electron chi connectivity index (χ1n) is 12.1. The minimum Gasteiger partial charge on any atom is -0.459 e. The molecule has 3 fully saturated rings. The van der Waals surface area contributed by atoms with Gasteiger partial charge in [0.2, 0.25) is 0 Å². The van der Waals surface area contributed by atoms with Crippen LogP contribution in [0.25, 0.3) is 0 Å². The molecule has 0 spiro atoms. The van der Waals surface area contributed by atoms with E-state index in [0.717, 1.165) is 37.8 Å². The lowest BCUT2D eigenvalue weighted by atomic mass is 9.45. The Balaban J connectivity index is 1.67. The van der Waals surface area contributed by atoms with Gasteiger partial charge in [-0.2, -0.15) is 0 Å². The smallest absolute Gasteiger partial charge is 0.303 e. The van der Waals surface area contributed by atoms with Crippen LogP contribution >= 0.6 is 0 Å². The van der Waals surface area contributed by atoms with Crippen molar-refractivity contribution in [3.8, 4) is 0 Å². The van der Waals surface area contributed by atoms with Crippen LogP contribution in [0.3, 0.4) is 0 Å². The normalized spacial score (nSPS) is 43.8. The van der Waals surface area contributed by atoms with Crippen LogP contribution in [-0.4, -0.2) is 60.1 Å². The molecule has 0 radical (unpaired) electrons. The molecule has 0 aromatic heterocycles. The first-order chi connectivity index (χ1) is 15.6. The van der Waals surface area contributed by atoms with Gasteiger partial charge in [-0.15, -0.1) is 0 Å². The molecule has 2 N–H and O–H groups in total. The van der Waals surface area contributed by atoms with Crippen molar-refractivity contribution in [2.45, 2.75) is 77.4 Å². The number of carbonyl (C=O) groups excluding carboxylic acids is 1. The maximum atomic E-state index is 12.0. The number of oxime groups is 2. The predicted octanol–water partition coefficient (Wildman–Crippen LogP) is 3.22. The molecule has 0 heterocycles. The van der Waals surface area contributed by atoms with Gasteiger partial charge in [0.15, 0.2) is 0 Å². The van der Waals surface area contributed by atoms with Gasteiger partial charge < -0.3 is 24.6 Å². The predicted molar refractivity (Wildman–Crippen MR) is 124 cm³/mol. The van der Waals surface area contributed by atoms with Gasteiger partial charge in [0, 0.05) is 12.3 Å². The summed E-state index contributed by atoms with van der Waals surface area (Å²) >= 11 is 0. The van der Waals surface area contributed by atoms with E-state index in [2.05, 4.69) is 30.2 Å². The summed E-state index contributed by atoms with van der Waals surface area (Å²) in [7, 11) is 3.00. The summed E-state index contributed by atoms with van der Waals surface area (Å²) in [5, 5.41) is 31.9. The highest BCUT2D eigenvalue weighted by Crippen LogP contribution is 2.67. The van der Waals surface area contributed by atoms with E-state index in [1.54, 1.807) is 7.11 Å². The van der Waals surface area contributed by atoms with E-state index in [1.807, 2.05) is 0 Å². The highest BCUT2D eigenvalue weighted by atomic mass is 16.6. The molecule has 3 saturated carbocycles. The highest BCUT2D eigenvalue weighted by molar-refractivity contribution is 5.96. The SMILES string of the molecule is CO/N=C1/C=C2CCC3C(C(O)CC4(C)C3CCC4(O)/C(COC(C)=O)=N/OC)C2(C)CC1. The third kappa shape index (κ3) is 3.70. The second kappa shape index (κ2) is 8.69. The average molecular weight is 463 g/mol. The molecule has 4 aliphatic rings. The molecule has 4 rings (SSSR count). The fraction of sp³-hybridized carbons (Fsp3) is 0.800. The number of carbonyl (C=O) groups is 1. The zero-order valence-electron chi connectivity index (χ0n) is 20.5. The van der Waals surface area contributed by atoms with E-state index in [0.29, 0.717) is 24.5 Å². The van der Waals surface area contributed by atoms with Crippen molar-refractivity contribution in [1.29, 1.82) is 0 Å². The zero-order chi connectivity index (χ0) is 24.0. The van der Waals surface area contributed by atoms with Gasteiger partial charge in [-0.1, -0.05) is 29.7 Å². The number of rotatable bonds is 5. The summed E-state index contributed by atoms with van der Waals surface area (Å²) < 4.78 is 5.21. The summed E-state index contributed by atoms with van der Waals surface area (Å²) in [6.07, 6.45) is 7.17. The zero-order valence-corrected chi connectivity index (χ0v) is 20.5. The summed E-state index contributed by atoms with van der Waals surface area (Å²) in [6, 6.07) is 0. The van der Waals surface area contributed by atoms with Crippen molar-refractivity contribution in [2.24, 2.45) is 38.9 Å². The second-order valence-electron chi connectivity index (χ2n) is 10.8. The third-order valence-corrected chi connectivity index (χ3v) is 9.36. The van der Waals surface area contributed by atoms with E-state index in [9.17, 15) is 15.0 Å². The van der Waals surface area contributed by atoms with Crippen LogP contribution in [0.2, 0.25) is 0 Å². The van der Waals surface area contributed by atoms with Crippen LogP contribution in [0.5, 0.6) is 0 Å². The summed E-state index contributed by atoms with van der Waals surface area (Å²) in [6.45, 7) is 5.59. The van der Waals surface area contributed by atoms with Gasteiger partial charge in [0.1, 0.15) is 32.1 Å². The van der Waals surface area contributed by atoms with Gasteiger partial charge in [-0.25, -0.2) is 0 Å². The molecule has 7 atom stereocenters. The van der Waals surface area contributed by atoms with Gasteiger partial charge in [-0.3, -0.25) is 4.79 Å².